The molecular formula is C36H35ClN2O9S. The van der Waals surface area contributed by atoms with Gasteiger partial charge in [-0.05, 0) is 79.9 Å². The first kappa shape index (κ1) is 35.2. The lowest BCUT2D eigenvalue weighted by Gasteiger charge is -2.25. The number of benzene rings is 3. The minimum Gasteiger partial charge on any atom is -0.493 e. The highest BCUT2D eigenvalue weighted by molar-refractivity contribution is 7.07. The number of thiazole rings is 1. The Bertz CT molecular complexity index is 2090. The van der Waals surface area contributed by atoms with Crippen LogP contribution in [0.5, 0.6) is 23.0 Å². The topological polar surface area (TPSA) is 124 Å². The lowest BCUT2D eigenvalue weighted by Crippen LogP contribution is -2.40. The number of nitrogens with zero attached hydrogens (tertiary/aromatic N) is 2. The van der Waals surface area contributed by atoms with Crippen LogP contribution in [0.1, 0.15) is 43.5 Å². The molecule has 0 radical (unpaired) electrons. The molecule has 0 bridgehead atoms. The van der Waals surface area contributed by atoms with Gasteiger partial charge < -0.3 is 28.4 Å². The van der Waals surface area contributed by atoms with Crippen LogP contribution in [0.2, 0.25) is 5.02 Å². The summed E-state index contributed by atoms with van der Waals surface area (Å²) in [5, 5.41) is 0.619. The predicted molar refractivity (Wildman–Crippen MR) is 184 cm³/mol. The third-order valence-corrected chi connectivity index (χ3v) is 8.66. The monoisotopic (exact) mass is 706 g/mol. The van der Waals surface area contributed by atoms with Gasteiger partial charge in [0.15, 0.2) is 34.4 Å². The molecule has 0 unspecified atom stereocenters. The molecule has 0 fully saturated rings. The van der Waals surface area contributed by atoms with E-state index in [1.165, 1.54) is 23.0 Å². The molecule has 0 amide bonds. The number of allylic oxidation sites excluding steroid dienone is 1. The fraction of sp³-hybridized carbons (Fsp3) is 0.278. The summed E-state index contributed by atoms with van der Waals surface area (Å²) in [6, 6.07) is 16.9. The van der Waals surface area contributed by atoms with Gasteiger partial charge in [-0.15, -0.1) is 0 Å². The molecule has 11 nitrogen and oxygen atoms in total. The highest BCUT2D eigenvalue weighted by Crippen LogP contribution is 2.36. The number of carbonyl (C=O) groups excluding carboxylic acids is 2. The molecule has 2 heterocycles. The van der Waals surface area contributed by atoms with Crippen LogP contribution in [-0.2, 0) is 25.7 Å². The van der Waals surface area contributed by atoms with Crippen molar-refractivity contribution in [3.63, 3.8) is 0 Å². The van der Waals surface area contributed by atoms with Crippen molar-refractivity contribution >= 4 is 41.0 Å². The third-order valence-electron chi connectivity index (χ3n) is 7.44. The summed E-state index contributed by atoms with van der Waals surface area (Å²) in [5.74, 6) is 0.494. The van der Waals surface area contributed by atoms with E-state index in [9.17, 15) is 14.4 Å². The predicted octanol–water partition coefficient (Wildman–Crippen LogP) is 4.99. The second-order valence-electron chi connectivity index (χ2n) is 10.6. The maximum Gasteiger partial charge on any atom is 0.343 e. The molecule has 1 aromatic heterocycles. The van der Waals surface area contributed by atoms with E-state index >= 15 is 0 Å². The maximum atomic E-state index is 14.2. The number of halogens is 1. The van der Waals surface area contributed by atoms with Crippen molar-refractivity contribution in [2.45, 2.75) is 33.4 Å². The number of hydrogen-bond donors (Lipinski definition) is 0. The fourth-order valence-corrected chi connectivity index (χ4v) is 6.48. The molecule has 0 saturated heterocycles. The number of ether oxygens (including phenoxy) is 6. The van der Waals surface area contributed by atoms with E-state index in [1.54, 1.807) is 70.4 Å². The van der Waals surface area contributed by atoms with Crippen LogP contribution in [0.4, 0.5) is 0 Å². The summed E-state index contributed by atoms with van der Waals surface area (Å²) in [7, 11) is 2.81. The average molecular weight is 707 g/mol. The Kier molecular flexibility index (Phi) is 11.4. The van der Waals surface area contributed by atoms with Gasteiger partial charge in [-0.3, -0.25) is 9.36 Å². The molecule has 0 N–H and O–H groups in total. The number of fused-ring (bicyclic) bond motifs is 1. The Morgan fingerprint density at radius 3 is 2.43 bits per heavy atom. The smallest absolute Gasteiger partial charge is 0.343 e. The molecule has 0 spiro atoms. The number of aromatic nitrogens is 1. The summed E-state index contributed by atoms with van der Waals surface area (Å²) >= 11 is 7.30. The molecule has 4 aromatic rings. The summed E-state index contributed by atoms with van der Waals surface area (Å²) in [4.78, 5) is 44.3. The first-order valence-corrected chi connectivity index (χ1v) is 16.6. The van der Waals surface area contributed by atoms with E-state index in [4.69, 9.17) is 35.3 Å². The Morgan fingerprint density at radius 1 is 0.939 bits per heavy atom. The van der Waals surface area contributed by atoms with Crippen molar-refractivity contribution < 1.29 is 38.0 Å². The molecule has 0 saturated carbocycles. The highest BCUT2D eigenvalue weighted by atomic mass is 35.5. The molecule has 1 atom stereocenters. The summed E-state index contributed by atoms with van der Waals surface area (Å²) < 4.78 is 35.0. The van der Waals surface area contributed by atoms with E-state index in [0.717, 1.165) is 5.56 Å². The van der Waals surface area contributed by atoms with Crippen LogP contribution in [0.3, 0.4) is 0 Å². The molecule has 3 aromatic carbocycles. The maximum absolute atomic E-state index is 14.2. The lowest BCUT2D eigenvalue weighted by molar-refractivity contribution is -0.143. The molecule has 5 rings (SSSR count). The molecule has 256 valence electrons. The van der Waals surface area contributed by atoms with Crippen molar-refractivity contribution in [1.29, 1.82) is 0 Å². The van der Waals surface area contributed by atoms with Gasteiger partial charge in [-0.1, -0.05) is 47.2 Å². The third kappa shape index (κ3) is 7.98. The zero-order chi connectivity index (χ0) is 35.1. The van der Waals surface area contributed by atoms with Crippen LogP contribution in [-0.4, -0.2) is 50.5 Å². The molecule has 1 aliphatic heterocycles. The number of carbonyl (C=O) groups is 2. The van der Waals surface area contributed by atoms with E-state index in [1.807, 2.05) is 24.3 Å². The molecule has 1 aliphatic rings. The fourth-order valence-electron chi connectivity index (χ4n) is 5.22. The molecule has 49 heavy (non-hydrogen) atoms. The van der Waals surface area contributed by atoms with Gasteiger partial charge in [0.05, 0.1) is 49.3 Å². The summed E-state index contributed by atoms with van der Waals surface area (Å²) in [6.45, 7) is 5.63. The van der Waals surface area contributed by atoms with Gasteiger partial charge in [0.1, 0.15) is 6.61 Å². The first-order valence-electron chi connectivity index (χ1n) is 15.4. The van der Waals surface area contributed by atoms with E-state index in [0.29, 0.717) is 67.4 Å². The summed E-state index contributed by atoms with van der Waals surface area (Å²) in [5.41, 5.74) is 2.44. The van der Waals surface area contributed by atoms with Gasteiger partial charge in [0.25, 0.3) is 5.56 Å². The van der Waals surface area contributed by atoms with Crippen LogP contribution in [0.15, 0.2) is 81.7 Å². The van der Waals surface area contributed by atoms with E-state index in [-0.39, 0.29) is 24.3 Å². The zero-order valence-corrected chi connectivity index (χ0v) is 29.2. The SMILES string of the molecule is CCOC(=O)C1=C(C)N=c2s/c(=C/c3ccc(OCc4cccc(Cl)c4)c(OC)c3)c(=O)n2[C@@H]1c1ccc(OCC(=O)OC)c(OCC)c1. The van der Waals surface area contributed by atoms with E-state index in [2.05, 4.69) is 9.73 Å². The number of hydrogen-bond acceptors (Lipinski definition) is 11. The molecular weight excluding hydrogens is 672 g/mol. The van der Waals surface area contributed by atoms with Crippen molar-refractivity contribution in [3.8, 4) is 23.0 Å². The lowest BCUT2D eigenvalue weighted by atomic mass is 9.95. The molecule has 0 aliphatic carbocycles. The van der Waals surface area contributed by atoms with E-state index < -0.39 is 18.0 Å². The van der Waals surface area contributed by atoms with Crippen molar-refractivity contribution in [1.82, 2.24) is 4.57 Å². The van der Waals surface area contributed by atoms with Crippen LogP contribution >= 0.6 is 22.9 Å². The largest absolute Gasteiger partial charge is 0.493 e. The quantitative estimate of drug-likeness (QED) is 0.177. The minimum absolute atomic E-state index is 0.137. The Balaban J connectivity index is 1.56. The number of rotatable bonds is 13. The van der Waals surface area contributed by atoms with Crippen LogP contribution in [0, 0.1) is 0 Å². The summed E-state index contributed by atoms with van der Waals surface area (Å²) in [6.07, 6.45) is 1.74. The minimum atomic E-state index is -0.886. The van der Waals surface area contributed by atoms with Crippen molar-refractivity contribution in [3.05, 3.63) is 113 Å². The Labute approximate surface area is 291 Å². The zero-order valence-electron chi connectivity index (χ0n) is 27.6. The standard InChI is InChI=1S/C36H35ClN2O9S/c1-6-45-29-18-24(12-14-27(29)48-20-31(40)44-5)33-32(35(42)46-7-2)21(3)38-36-39(33)34(41)30(49-36)17-22-11-13-26(28(16-22)43-4)47-19-23-9-8-10-25(37)15-23/h8-18,33H,6-7,19-20H2,1-5H3/b30-17+/t33-/m1/s1. The highest BCUT2D eigenvalue weighted by Gasteiger charge is 2.34. The van der Waals surface area contributed by atoms with Gasteiger partial charge in [-0.2, -0.15) is 0 Å². The van der Waals surface area contributed by atoms with Gasteiger partial charge in [-0.25, -0.2) is 14.6 Å². The second-order valence-corrected chi connectivity index (χ2v) is 12.1. The van der Waals surface area contributed by atoms with Crippen LogP contribution < -0.4 is 33.8 Å². The van der Waals surface area contributed by atoms with Gasteiger partial charge >= 0.3 is 11.9 Å². The Morgan fingerprint density at radius 2 is 1.71 bits per heavy atom. The van der Waals surface area contributed by atoms with Gasteiger partial charge in [0.2, 0.25) is 0 Å². The average Bonchev–Trinajstić information content (AvgIpc) is 3.39. The van der Waals surface area contributed by atoms with Crippen LogP contribution in [0.25, 0.3) is 6.08 Å². The number of esters is 2. The number of methoxy groups -OCH3 is 2. The van der Waals surface area contributed by atoms with Crippen molar-refractivity contribution in [2.24, 2.45) is 4.99 Å². The normalized spacial score (nSPS) is 14.1. The first-order chi connectivity index (χ1) is 23.7. The second kappa shape index (κ2) is 15.9. The van der Waals surface area contributed by atoms with Gasteiger partial charge in [0, 0.05) is 5.02 Å². The molecule has 13 heteroatoms. The van der Waals surface area contributed by atoms with Crippen molar-refractivity contribution in [2.75, 3.05) is 34.0 Å². The Hall–Kier alpha value is -5.07.